The number of nitrogen functional groups attached to an aromatic ring is 1. The summed E-state index contributed by atoms with van der Waals surface area (Å²) in [5.41, 5.74) is 6.93. The maximum Gasteiger partial charge on any atom is 0.238 e. The van der Waals surface area contributed by atoms with E-state index in [-0.39, 0.29) is 4.90 Å². The topological polar surface area (TPSA) is 86.2 Å². The smallest absolute Gasteiger partial charge is 0.238 e. The molecule has 0 heterocycles. The number of sulfonamides is 1. The number of unbranched alkanes of at least 4 members (excludes halogenated alkanes) is 2. The zero-order valence-corrected chi connectivity index (χ0v) is 10.3. The van der Waals surface area contributed by atoms with Crippen molar-refractivity contribution in [2.45, 2.75) is 37.5 Å². The highest BCUT2D eigenvalue weighted by Crippen LogP contribution is 2.19. The molecule has 0 spiro atoms. The summed E-state index contributed by atoms with van der Waals surface area (Å²) < 4.78 is 22.7. The van der Waals surface area contributed by atoms with Crippen LogP contribution in [0.15, 0.2) is 23.1 Å². The molecule has 5 heteroatoms. The summed E-state index contributed by atoms with van der Waals surface area (Å²) in [7, 11) is -3.64. The molecule has 0 aliphatic heterocycles. The first-order chi connectivity index (χ1) is 7.45. The van der Waals surface area contributed by atoms with Crippen molar-refractivity contribution in [3.8, 4) is 0 Å². The Morgan fingerprint density at radius 1 is 1.25 bits per heavy atom. The normalized spacial score (nSPS) is 11.6. The number of rotatable bonds is 5. The van der Waals surface area contributed by atoms with E-state index in [4.69, 9.17) is 10.9 Å². The van der Waals surface area contributed by atoms with Crippen molar-refractivity contribution in [1.82, 2.24) is 0 Å². The van der Waals surface area contributed by atoms with Crippen molar-refractivity contribution in [3.63, 3.8) is 0 Å². The van der Waals surface area contributed by atoms with Gasteiger partial charge in [-0.15, -0.1) is 0 Å². The Bertz CT molecular complexity index is 455. The number of benzene rings is 1. The summed E-state index contributed by atoms with van der Waals surface area (Å²) >= 11 is 0. The molecule has 4 N–H and O–H groups in total. The van der Waals surface area contributed by atoms with Gasteiger partial charge in [0.15, 0.2) is 0 Å². The van der Waals surface area contributed by atoms with Crippen LogP contribution in [0.5, 0.6) is 0 Å². The van der Waals surface area contributed by atoms with Gasteiger partial charge in [0.2, 0.25) is 10.0 Å². The Hall–Kier alpha value is -1.07. The van der Waals surface area contributed by atoms with Gasteiger partial charge in [-0.1, -0.05) is 19.8 Å². The van der Waals surface area contributed by atoms with E-state index in [1.165, 1.54) is 6.07 Å². The van der Waals surface area contributed by atoms with Crippen LogP contribution in [0, 0.1) is 0 Å². The monoisotopic (exact) mass is 242 g/mol. The average molecular weight is 242 g/mol. The molecule has 1 aromatic rings. The Morgan fingerprint density at radius 3 is 2.50 bits per heavy atom. The summed E-state index contributed by atoms with van der Waals surface area (Å²) in [6.45, 7) is 2.10. The minimum absolute atomic E-state index is 0.192. The highest BCUT2D eigenvalue weighted by molar-refractivity contribution is 7.89. The Labute approximate surface area is 96.7 Å². The van der Waals surface area contributed by atoms with E-state index >= 15 is 0 Å². The maximum absolute atomic E-state index is 11.3. The van der Waals surface area contributed by atoms with Crippen LogP contribution in [-0.4, -0.2) is 8.42 Å². The van der Waals surface area contributed by atoms with Gasteiger partial charge in [0.25, 0.3) is 0 Å². The summed E-state index contributed by atoms with van der Waals surface area (Å²) in [6.07, 6.45) is 3.80. The van der Waals surface area contributed by atoms with Crippen LogP contribution < -0.4 is 10.9 Å². The first-order valence-corrected chi connectivity index (χ1v) is 6.91. The second-order valence-electron chi connectivity index (χ2n) is 3.87. The first-order valence-electron chi connectivity index (χ1n) is 5.36. The number of hydrogen-bond acceptors (Lipinski definition) is 3. The molecule has 0 bridgehead atoms. The zero-order valence-electron chi connectivity index (χ0n) is 9.44. The average Bonchev–Trinajstić information content (AvgIpc) is 2.16. The molecule has 1 aromatic carbocycles. The lowest BCUT2D eigenvalue weighted by Crippen LogP contribution is -2.14. The van der Waals surface area contributed by atoms with Crippen LogP contribution >= 0.6 is 0 Å². The third-order valence-electron chi connectivity index (χ3n) is 2.44. The molecule has 0 saturated heterocycles. The molecule has 4 nitrogen and oxygen atoms in total. The minimum Gasteiger partial charge on any atom is -0.399 e. The molecular formula is C11H18N2O2S. The highest BCUT2D eigenvalue weighted by Gasteiger charge is 2.13. The van der Waals surface area contributed by atoms with Crippen molar-refractivity contribution in [3.05, 3.63) is 23.8 Å². The van der Waals surface area contributed by atoms with Crippen molar-refractivity contribution < 1.29 is 8.42 Å². The van der Waals surface area contributed by atoms with Crippen molar-refractivity contribution >= 4 is 15.7 Å². The quantitative estimate of drug-likeness (QED) is 0.608. The molecule has 1 rings (SSSR count). The zero-order chi connectivity index (χ0) is 12.2. The molecule has 16 heavy (non-hydrogen) atoms. The maximum atomic E-state index is 11.3. The van der Waals surface area contributed by atoms with E-state index in [1.54, 1.807) is 12.1 Å². The van der Waals surface area contributed by atoms with Crippen LogP contribution in [0.3, 0.4) is 0 Å². The first kappa shape index (κ1) is 13.0. The highest BCUT2D eigenvalue weighted by atomic mass is 32.2. The molecule has 0 amide bonds. The molecule has 90 valence electrons. The number of nitrogens with two attached hydrogens (primary N) is 2. The molecule has 0 aromatic heterocycles. The van der Waals surface area contributed by atoms with Crippen molar-refractivity contribution in [1.29, 1.82) is 0 Å². The van der Waals surface area contributed by atoms with Crippen molar-refractivity contribution in [2.75, 3.05) is 5.73 Å². The Morgan fingerprint density at radius 2 is 1.94 bits per heavy atom. The fourth-order valence-electron chi connectivity index (χ4n) is 1.64. The second-order valence-corrected chi connectivity index (χ2v) is 5.40. The van der Waals surface area contributed by atoms with Crippen LogP contribution in [-0.2, 0) is 16.4 Å². The van der Waals surface area contributed by atoms with Gasteiger partial charge in [-0.3, -0.25) is 0 Å². The fraction of sp³-hybridized carbons (Fsp3) is 0.455. The summed E-state index contributed by atoms with van der Waals surface area (Å²) in [5, 5.41) is 5.14. The van der Waals surface area contributed by atoms with E-state index in [1.807, 2.05) is 0 Å². The van der Waals surface area contributed by atoms with Gasteiger partial charge in [0.05, 0.1) is 4.90 Å². The van der Waals surface area contributed by atoms with Crippen LogP contribution in [0.2, 0.25) is 0 Å². The molecule has 0 fully saturated rings. The van der Waals surface area contributed by atoms with E-state index in [0.29, 0.717) is 12.1 Å². The van der Waals surface area contributed by atoms with Crippen LogP contribution in [0.25, 0.3) is 0 Å². The summed E-state index contributed by atoms with van der Waals surface area (Å²) in [5.74, 6) is 0. The molecule has 0 aliphatic rings. The van der Waals surface area contributed by atoms with Gasteiger partial charge in [-0.2, -0.15) is 0 Å². The molecule has 0 radical (unpaired) electrons. The van der Waals surface area contributed by atoms with Crippen LogP contribution in [0.1, 0.15) is 31.7 Å². The predicted molar refractivity (Wildman–Crippen MR) is 65.5 cm³/mol. The molecule has 0 aliphatic carbocycles. The minimum atomic E-state index is -3.64. The van der Waals surface area contributed by atoms with Gasteiger partial charge in [0, 0.05) is 5.69 Å². The lowest BCUT2D eigenvalue weighted by molar-refractivity contribution is 0.595. The van der Waals surface area contributed by atoms with E-state index in [2.05, 4.69) is 6.92 Å². The van der Waals surface area contributed by atoms with Gasteiger partial charge in [-0.25, -0.2) is 13.6 Å². The van der Waals surface area contributed by atoms with E-state index < -0.39 is 10.0 Å². The Balaban J connectivity index is 3.00. The number of hydrogen-bond donors (Lipinski definition) is 2. The number of primary sulfonamides is 1. The van der Waals surface area contributed by atoms with Crippen molar-refractivity contribution in [2.24, 2.45) is 5.14 Å². The van der Waals surface area contributed by atoms with Gasteiger partial charge >= 0.3 is 0 Å². The van der Waals surface area contributed by atoms with Gasteiger partial charge in [0.1, 0.15) is 0 Å². The largest absolute Gasteiger partial charge is 0.399 e. The Kier molecular flexibility index (Phi) is 4.32. The molecule has 0 saturated carbocycles. The molecular weight excluding hydrogens is 224 g/mol. The summed E-state index contributed by atoms with van der Waals surface area (Å²) in [6, 6.07) is 4.73. The fourth-order valence-corrected chi connectivity index (χ4v) is 2.42. The van der Waals surface area contributed by atoms with E-state index in [0.717, 1.165) is 24.8 Å². The number of anilines is 1. The summed E-state index contributed by atoms with van der Waals surface area (Å²) in [4.78, 5) is 0.192. The number of aryl methyl sites for hydroxylation is 1. The standard InChI is InChI=1S/C11H18N2O2S/c1-2-3-4-5-9-8-10(12)6-7-11(9)16(13,14)15/h6-8H,2-5,12H2,1H3,(H2,13,14,15). The van der Waals surface area contributed by atoms with Gasteiger partial charge < -0.3 is 5.73 Å². The third-order valence-corrected chi connectivity index (χ3v) is 3.45. The second kappa shape index (κ2) is 5.32. The molecule has 0 atom stereocenters. The lowest BCUT2D eigenvalue weighted by Gasteiger charge is -2.08. The SMILES string of the molecule is CCCCCc1cc(N)ccc1S(N)(=O)=O. The molecule has 0 unspecified atom stereocenters. The van der Waals surface area contributed by atoms with E-state index in [9.17, 15) is 8.42 Å². The van der Waals surface area contributed by atoms with Gasteiger partial charge in [-0.05, 0) is 36.6 Å². The third kappa shape index (κ3) is 3.50. The lowest BCUT2D eigenvalue weighted by atomic mass is 10.1. The predicted octanol–water partition coefficient (Wildman–Crippen LogP) is 1.65. The van der Waals surface area contributed by atoms with Crippen LogP contribution in [0.4, 0.5) is 5.69 Å².